The maximum atomic E-state index is 13.1. The van der Waals surface area contributed by atoms with E-state index in [1.807, 2.05) is 0 Å². The predicted octanol–water partition coefficient (Wildman–Crippen LogP) is 31.3. The zero-order chi connectivity index (χ0) is 89.4. The van der Waals surface area contributed by atoms with Crippen molar-refractivity contribution in [1.29, 1.82) is 0 Å². The minimum atomic E-state index is -0.125. The number of rotatable bonds is 16. The van der Waals surface area contributed by atoms with E-state index in [0.29, 0.717) is 51.4 Å². The molecule has 688 valence electrons. The third kappa shape index (κ3) is 17.5. The summed E-state index contributed by atoms with van der Waals surface area (Å²) >= 11 is 0. The Balaban J connectivity index is 0.878. The first-order chi connectivity index (χ1) is 62.0. The van der Waals surface area contributed by atoms with Crippen LogP contribution in [-0.2, 0) is 94.7 Å². The molecule has 0 atom stereocenters. The first kappa shape index (κ1) is 92.0. The number of phenols is 8. The second-order valence-corrected chi connectivity index (χ2v) is 44.1. The van der Waals surface area contributed by atoms with E-state index in [0.717, 1.165) is 346 Å². The smallest absolute Gasteiger partial charge is 0.119 e. The van der Waals surface area contributed by atoms with E-state index < -0.39 is 0 Å². The number of benzene rings is 8. The Labute approximate surface area is 770 Å². The lowest BCUT2D eigenvalue weighted by Gasteiger charge is -2.41. The molecule has 8 aromatic rings. The lowest BCUT2D eigenvalue weighted by atomic mass is 9.63. The first-order valence-electron chi connectivity index (χ1n) is 52.8. The molecule has 0 radical (unpaired) electrons. The van der Waals surface area contributed by atoms with Gasteiger partial charge in [0, 0.05) is 25.7 Å². The van der Waals surface area contributed by atoms with Gasteiger partial charge in [-0.2, -0.15) is 0 Å². The van der Waals surface area contributed by atoms with Crippen LogP contribution in [0.3, 0.4) is 0 Å². The molecule has 8 aromatic carbocycles. The van der Waals surface area contributed by atoms with E-state index >= 15 is 0 Å². The van der Waals surface area contributed by atoms with Crippen LogP contribution in [0.1, 0.15) is 497 Å². The van der Waals surface area contributed by atoms with Gasteiger partial charge < -0.3 is 40.9 Å². The van der Waals surface area contributed by atoms with Gasteiger partial charge in [-0.1, -0.05) is 258 Å². The second-order valence-electron chi connectivity index (χ2n) is 44.1. The molecule has 8 fully saturated rings. The molecule has 30 aliphatic rings. The highest BCUT2D eigenvalue weighted by molar-refractivity contribution is 5.62. The summed E-state index contributed by atoms with van der Waals surface area (Å²) in [5.41, 5.74) is 25.1. The van der Waals surface area contributed by atoms with Crippen LogP contribution in [0.25, 0.3) is 0 Å². The van der Waals surface area contributed by atoms with Crippen molar-refractivity contribution in [3.05, 3.63) is 231 Å². The van der Waals surface area contributed by atoms with Gasteiger partial charge in [0.2, 0.25) is 0 Å². The van der Waals surface area contributed by atoms with E-state index in [-0.39, 0.29) is 89.3 Å². The first-order valence-corrected chi connectivity index (χ1v) is 52.8. The van der Waals surface area contributed by atoms with Gasteiger partial charge in [-0.05, 0) is 405 Å². The molecular weight excluding hydrogens is 1570 g/mol. The Morgan fingerprint density at radius 3 is 0.328 bits per heavy atom. The number of hydrogen-bond donors (Lipinski definition) is 8. The molecule has 16 bridgehead atoms. The molecular formula is C120H160O8. The standard InChI is InChI=1S/C120H160O8/c1-9-113(41-25-17-26-42-113)97-65-89-61-90-66-99(115(11-3)45-29-19-30-46-115)83(75-107(90)123)58-84-76-109(125)93(69-101(84)117(13-5)49-33-21-34-50-117)63-94-70-103(119(15-7)53-37-23-38-54-119)87(79-111(94)127)60-88-80-112(128)96(72-104(88)120(16-8)55-39-24-40-56-120)64-95-71-102(118(14-6)51-35-22-36-52-118)86(78-110(95)126)59-85-77-108(124)92(68-100(85)116(12-4)47-31-20-32-48-116)62-91-67-98(114(10-2)43-27-18-28-44-114)82(74-106(91)122)57-81(97)73-105(89)121/h65-80,121-128H,9-64H2,1-8H3. The van der Waals surface area contributed by atoms with Crippen molar-refractivity contribution in [2.24, 2.45) is 0 Å². The average Bonchev–Trinajstić information content (AvgIpc) is 0.753. The van der Waals surface area contributed by atoms with Crippen molar-refractivity contribution < 1.29 is 40.9 Å². The Bertz CT molecular complexity index is 4300. The summed E-state index contributed by atoms with van der Waals surface area (Å²) in [5.74, 6) is 1.97. The number of phenolic OH excluding ortho intramolecular Hbond substituents is 8. The van der Waals surface area contributed by atoms with Crippen LogP contribution in [0, 0.1) is 0 Å². The monoisotopic (exact) mass is 1730 g/mol. The molecule has 0 unspecified atom stereocenters. The highest BCUT2D eigenvalue weighted by atomic mass is 16.3. The van der Waals surface area contributed by atoms with Gasteiger partial charge in [-0.15, -0.1) is 0 Å². The molecule has 0 aliphatic heterocycles. The highest BCUT2D eigenvalue weighted by Crippen LogP contribution is 2.58. The van der Waals surface area contributed by atoms with Crippen LogP contribution in [0.15, 0.2) is 97.1 Å². The van der Waals surface area contributed by atoms with E-state index in [2.05, 4.69) is 152 Å². The van der Waals surface area contributed by atoms with E-state index in [9.17, 15) is 40.9 Å². The summed E-state index contributed by atoms with van der Waals surface area (Å²) in [5, 5.41) is 105. The van der Waals surface area contributed by atoms with Gasteiger partial charge in [0.15, 0.2) is 0 Å². The fourth-order valence-electron chi connectivity index (χ4n) is 29.6. The molecule has 8 heteroatoms. The molecule has 30 aliphatic carbocycles. The molecule has 8 saturated carbocycles. The van der Waals surface area contributed by atoms with E-state index in [4.69, 9.17) is 0 Å². The lowest BCUT2D eigenvalue weighted by molar-refractivity contribution is 0.279. The minimum absolute atomic E-state index is 0.125. The van der Waals surface area contributed by atoms with Crippen molar-refractivity contribution in [2.45, 2.75) is 458 Å². The maximum absolute atomic E-state index is 13.1. The average molecular weight is 1730 g/mol. The highest BCUT2D eigenvalue weighted by Gasteiger charge is 2.46. The summed E-state index contributed by atoms with van der Waals surface area (Å²) in [7, 11) is 0. The summed E-state index contributed by atoms with van der Waals surface area (Å²) in [4.78, 5) is 0. The third-order valence-electron chi connectivity index (χ3n) is 38.0. The quantitative estimate of drug-likeness (QED) is 0.0474. The second kappa shape index (κ2) is 38.4. The third-order valence-corrected chi connectivity index (χ3v) is 38.0. The van der Waals surface area contributed by atoms with Crippen molar-refractivity contribution in [2.75, 3.05) is 0 Å². The minimum Gasteiger partial charge on any atom is -0.508 e. The summed E-state index contributed by atoms with van der Waals surface area (Å²) in [6.45, 7) is 19.0. The molecule has 0 saturated heterocycles. The normalized spacial score (nSPS) is 21.6. The molecule has 128 heavy (non-hydrogen) atoms. The van der Waals surface area contributed by atoms with Crippen LogP contribution in [0.2, 0.25) is 0 Å². The maximum Gasteiger partial charge on any atom is 0.119 e. The van der Waals surface area contributed by atoms with Gasteiger partial charge in [0.1, 0.15) is 46.0 Å². The van der Waals surface area contributed by atoms with Crippen molar-refractivity contribution in [1.82, 2.24) is 0 Å². The largest absolute Gasteiger partial charge is 0.508 e. The van der Waals surface area contributed by atoms with Crippen molar-refractivity contribution >= 4 is 0 Å². The predicted molar refractivity (Wildman–Crippen MR) is 528 cm³/mol. The Kier molecular flexibility index (Phi) is 27.6. The molecule has 8 nitrogen and oxygen atoms in total. The molecule has 0 heterocycles. The lowest BCUT2D eigenvalue weighted by Crippen LogP contribution is -2.31. The molecule has 8 N–H and O–H groups in total. The van der Waals surface area contributed by atoms with Gasteiger partial charge in [-0.3, -0.25) is 0 Å². The van der Waals surface area contributed by atoms with Gasteiger partial charge in [0.05, 0.1) is 0 Å². The summed E-state index contributed by atoms with van der Waals surface area (Å²) in [6, 6.07) is 35.8. The Morgan fingerprint density at radius 1 is 0.141 bits per heavy atom. The summed E-state index contributed by atoms with van der Waals surface area (Å²) < 4.78 is 0. The van der Waals surface area contributed by atoms with Crippen LogP contribution in [0.5, 0.6) is 46.0 Å². The zero-order valence-corrected chi connectivity index (χ0v) is 80.4. The topological polar surface area (TPSA) is 162 Å². The SMILES string of the molecule is CCC1(c2cc3c(O)cc2Cc2cc(O)c(cc2C2(CC)CCCCC2)Cc2cc(C4(CC)CCCCC4)c(cc2O)Cc2cc(O)c(cc2C2(CC)CCCCC2)Cc2cc(C4(CC)CCCCC4)c(cc2O)Cc2cc(O)c(cc2C2(CC)CCCCC2)Cc2cc(C4(CC)CCCCC4)c(cc2O)Cc2cc(O)c(cc2C2(CC)CCCCC2)C3)CCCCC1. The van der Waals surface area contributed by atoms with Crippen LogP contribution in [0.4, 0.5) is 0 Å². The van der Waals surface area contributed by atoms with E-state index in [1.165, 1.54) is 95.9 Å². The van der Waals surface area contributed by atoms with Gasteiger partial charge in [0.25, 0.3) is 0 Å². The molecule has 0 aromatic heterocycles. The van der Waals surface area contributed by atoms with Crippen LogP contribution < -0.4 is 0 Å². The zero-order valence-electron chi connectivity index (χ0n) is 80.4. The van der Waals surface area contributed by atoms with Crippen molar-refractivity contribution in [3.63, 3.8) is 0 Å². The van der Waals surface area contributed by atoms with Crippen LogP contribution >= 0.6 is 0 Å². The van der Waals surface area contributed by atoms with Gasteiger partial charge in [-0.25, -0.2) is 0 Å². The number of hydrogen-bond acceptors (Lipinski definition) is 8. The van der Waals surface area contributed by atoms with Crippen molar-refractivity contribution in [3.8, 4) is 46.0 Å². The Hall–Kier alpha value is -7.84. The summed E-state index contributed by atoms with van der Waals surface area (Å²) in [6.07, 6.45) is 56.4. The number of aromatic hydroxyl groups is 8. The van der Waals surface area contributed by atoms with Gasteiger partial charge >= 0.3 is 0 Å². The Morgan fingerprint density at radius 2 is 0.234 bits per heavy atom. The van der Waals surface area contributed by atoms with E-state index in [1.54, 1.807) is 0 Å². The molecule has 38 rings (SSSR count). The fraction of sp³-hybridized carbons (Fsp3) is 0.600. The fourth-order valence-corrected chi connectivity index (χ4v) is 29.6. The molecule has 0 spiro atoms. The molecule has 0 amide bonds. The van der Waals surface area contributed by atoms with Crippen LogP contribution in [-0.4, -0.2) is 40.9 Å².